The summed E-state index contributed by atoms with van der Waals surface area (Å²) in [6.07, 6.45) is 0.340. The summed E-state index contributed by atoms with van der Waals surface area (Å²) in [6.45, 7) is -0.0271. The fraction of sp³-hybridized carbons (Fsp3) is 0.462. The van der Waals surface area contributed by atoms with Gasteiger partial charge in [-0.15, -0.1) is 0 Å². The molecule has 0 unspecified atom stereocenters. The number of hydrogen-bond acceptors (Lipinski definition) is 5. The average molecular weight is 268 g/mol. The number of aliphatic hydroxyl groups excluding tert-OH is 2. The first kappa shape index (κ1) is 15.4. The van der Waals surface area contributed by atoms with E-state index in [0.29, 0.717) is 6.42 Å². The normalized spacial score (nSPS) is 12.2. The van der Waals surface area contributed by atoms with Crippen LogP contribution in [0, 0.1) is 0 Å². The molecule has 0 spiro atoms. The second kappa shape index (κ2) is 7.73. The highest BCUT2D eigenvalue weighted by atomic mass is 16.3. The maximum absolute atomic E-state index is 12.0. The van der Waals surface area contributed by atoms with Crippen molar-refractivity contribution in [3.63, 3.8) is 0 Å². The Morgan fingerprint density at radius 1 is 1.16 bits per heavy atom. The minimum absolute atomic E-state index is 0.155. The van der Waals surface area contributed by atoms with Crippen LogP contribution in [0.15, 0.2) is 24.3 Å². The summed E-state index contributed by atoms with van der Waals surface area (Å²) in [6, 6.07) is 5.73. The molecule has 106 valence electrons. The van der Waals surface area contributed by atoms with Crippen molar-refractivity contribution in [3.8, 4) is 5.75 Å². The number of carbonyl (C=O) groups excluding carboxylic acids is 1. The number of carbonyl (C=O) groups is 1. The Balaban J connectivity index is 2.62. The van der Waals surface area contributed by atoms with Gasteiger partial charge in [-0.05, 0) is 24.1 Å². The lowest BCUT2D eigenvalue weighted by molar-refractivity contribution is -0.133. The van der Waals surface area contributed by atoms with Gasteiger partial charge in [0.1, 0.15) is 5.75 Å². The summed E-state index contributed by atoms with van der Waals surface area (Å²) in [5, 5.41) is 26.9. The molecule has 19 heavy (non-hydrogen) atoms. The number of amides is 1. The number of aromatic hydroxyl groups is 1. The van der Waals surface area contributed by atoms with Crippen LogP contribution in [0.1, 0.15) is 5.56 Å². The van der Waals surface area contributed by atoms with Gasteiger partial charge in [0.15, 0.2) is 0 Å². The van der Waals surface area contributed by atoms with Gasteiger partial charge in [0, 0.05) is 13.1 Å². The van der Waals surface area contributed by atoms with Gasteiger partial charge < -0.3 is 26.0 Å². The lowest BCUT2D eigenvalue weighted by Crippen LogP contribution is -2.47. The largest absolute Gasteiger partial charge is 0.508 e. The SMILES string of the molecule is N[C@@H](Cc1ccc(O)cc1)C(=O)N(CCO)CCO. The van der Waals surface area contributed by atoms with Gasteiger partial charge in [-0.2, -0.15) is 0 Å². The van der Waals surface area contributed by atoms with Gasteiger partial charge in [0.2, 0.25) is 5.91 Å². The molecule has 1 aromatic carbocycles. The lowest BCUT2D eigenvalue weighted by Gasteiger charge is -2.24. The van der Waals surface area contributed by atoms with E-state index in [1.165, 1.54) is 17.0 Å². The highest BCUT2D eigenvalue weighted by Gasteiger charge is 2.20. The molecule has 0 bridgehead atoms. The van der Waals surface area contributed by atoms with Crippen LogP contribution < -0.4 is 5.73 Å². The van der Waals surface area contributed by atoms with Crippen LogP contribution in [-0.4, -0.2) is 58.5 Å². The second-order valence-electron chi connectivity index (χ2n) is 4.25. The van der Waals surface area contributed by atoms with Gasteiger partial charge in [-0.3, -0.25) is 4.79 Å². The van der Waals surface area contributed by atoms with Gasteiger partial charge in [0.05, 0.1) is 19.3 Å². The number of nitrogens with two attached hydrogens (primary N) is 1. The highest BCUT2D eigenvalue weighted by Crippen LogP contribution is 2.11. The van der Waals surface area contributed by atoms with Crippen molar-refractivity contribution in [1.82, 2.24) is 4.90 Å². The topological polar surface area (TPSA) is 107 Å². The zero-order chi connectivity index (χ0) is 14.3. The van der Waals surface area contributed by atoms with Crippen LogP contribution in [0.25, 0.3) is 0 Å². The summed E-state index contributed by atoms with van der Waals surface area (Å²) in [5.41, 5.74) is 6.67. The Labute approximate surface area is 112 Å². The minimum Gasteiger partial charge on any atom is -0.508 e. The summed E-state index contributed by atoms with van der Waals surface area (Å²) in [4.78, 5) is 13.4. The van der Waals surface area contributed by atoms with Crippen LogP contribution >= 0.6 is 0 Å². The standard InChI is InChI=1S/C13H20N2O4/c14-12(9-10-1-3-11(18)4-2-10)13(19)15(5-7-16)6-8-17/h1-4,12,16-18H,5-9,14H2/t12-/m0/s1. The van der Waals surface area contributed by atoms with E-state index in [0.717, 1.165) is 5.56 Å². The molecule has 1 atom stereocenters. The number of rotatable bonds is 7. The van der Waals surface area contributed by atoms with Gasteiger partial charge >= 0.3 is 0 Å². The Morgan fingerprint density at radius 2 is 1.68 bits per heavy atom. The Bertz CT molecular complexity index is 388. The third kappa shape index (κ3) is 4.86. The number of aliphatic hydroxyl groups is 2. The van der Waals surface area contributed by atoms with Crippen LogP contribution in [-0.2, 0) is 11.2 Å². The van der Waals surface area contributed by atoms with Crippen LogP contribution in [0.2, 0.25) is 0 Å². The Morgan fingerprint density at radius 3 is 2.16 bits per heavy atom. The average Bonchev–Trinajstić information content (AvgIpc) is 2.40. The van der Waals surface area contributed by atoms with E-state index in [2.05, 4.69) is 0 Å². The molecule has 0 fully saturated rings. The predicted molar refractivity (Wildman–Crippen MR) is 70.5 cm³/mol. The molecule has 0 saturated heterocycles. The smallest absolute Gasteiger partial charge is 0.239 e. The predicted octanol–water partition coefficient (Wildman–Crippen LogP) is -0.925. The van der Waals surface area contributed by atoms with Crippen LogP contribution in [0.4, 0.5) is 0 Å². The van der Waals surface area contributed by atoms with Crippen molar-refractivity contribution in [2.75, 3.05) is 26.3 Å². The van der Waals surface area contributed by atoms with E-state index in [-0.39, 0.29) is 38.0 Å². The van der Waals surface area contributed by atoms with Crippen molar-refractivity contribution in [2.45, 2.75) is 12.5 Å². The van der Waals surface area contributed by atoms with Crippen molar-refractivity contribution in [2.24, 2.45) is 5.73 Å². The molecule has 0 saturated carbocycles. The third-order valence-corrected chi connectivity index (χ3v) is 2.76. The number of phenols is 1. The molecule has 5 N–H and O–H groups in total. The molecule has 0 heterocycles. The fourth-order valence-electron chi connectivity index (χ4n) is 1.78. The van der Waals surface area contributed by atoms with Gasteiger partial charge in [-0.1, -0.05) is 12.1 Å². The first-order chi connectivity index (χ1) is 9.08. The fourth-order valence-corrected chi connectivity index (χ4v) is 1.78. The van der Waals surface area contributed by atoms with E-state index in [9.17, 15) is 4.79 Å². The van der Waals surface area contributed by atoms with Crippen molar-refractivity contribution in [1.29, 1.82) is 0 Å². The van der Waals surface area contributed by atoms with E-state index in [1.54, 1.807) is 12.1 Å². The van der Waals surface area contributed by atoms with E-state index in [1.807, 2.05) is 0 Å². The van der Waals surface area contributed by atoms with Crippen LogP contribution in [0.3, 0.4) is 0 Å². The molecule has 0 radical (unpaired) electrons. The molecule has 1 aromatic rings. The molecule has 6 nitrogen and oxygen atoms in total. The molecule has 1 amide bonds. The quantitative estimate of drug-likeness (QED) is 0.511. The summed E-state index contributed by atoms with van der Waals surface area (Å²) in [7, 11) is 0. The van der Waals surface area contributed by atoms with Crippen molar-refractivity contribution < 1.29 is 20.1 Å². The summed E-state index contributed by atoms with van der Waals surface area (Å²) >= 11 is 0. The highest BCUT2D eigenvalue weighted by molar-refractivity contribution is 5.82. The molecule has 0 aliphatic rings. The van der Waals surface area contributed by atoms with Gasteiger partial charge in [-0.25, -0.2) is 0 Å². The molecular formula is C13H20N2O4. The Hall–Kier alpha value is -1.63. The second-order valence-corrected chi connectivity index (χ2v) is 4.25. The molecule has 0 aliphatic heterocycles. The summed E-state index contributed by atoms with van der Waals surface area (Å²) in [5.74, 6) is -0.151. The molecule has 6 heteroatoms. The molecule has 0 aromatic heterocycles. The summed E-state index contributed by atoms with van der Waals surface area (Å²) < 4.78 is 0. The lowest BCUT2D eigenvalue weighted by atomic mass is 10.1. The zero-order valence-electron chi connectivity index (χ0n) is 10.7. The maximum Gasteiger partial charge on any atom is 0.239 e. The zero-order valence-corrected chi connectivity index (χ0v) is 10.7. The Kier molecular flexibility index (Phi) is 6.27. The van der Waals surface area contributed by atoms with E-state index >= 15 is 0 Å². The monoisotopic (exact) mass is 268 g/mol. The van der Waals surface area contributed by atoms with E-state index in [4.69, 9.17) is 21.1 Å². The first-order valence-corrected chi connectivity index (χ1v) is 6.12. The van der Waals surface area contributed by atoms with Crippen molar-refractivity contribution in [3.05, 3.63) is 29.8 Å². The van der Waals surface area contributed by atoms with Crippen molar-refractivity contribution >= 4 is 5.91 Å². The van der Waals surface area contributed by atoms with Gasteiger partial charge in [0.25, 0.3) is 0 Å². The third-order valence-electron chi connectivity index (χ3n) is 2.76. The number of nitrogens with zero attached hydrogens (tertiary/aromatic N) is 1. The number of hydrogen-bond donors (Lipinski definition) is 4. The minimum atomic E-state index is -0.734. The first-order valence-electron chi connectivity index (χ1n) is 6.12. The molecular weight excluding hydrogens is 248 g/mol. The number of phenolic OH excluding ortho intramolecular Hbond substituents is 1. The maximum atomic E-state index is 12.0. The molecule has 0 aliphatic carbocycles. The molecule has 1 rings (SSSR count). The van der Waals surface area contributed by atoms with E-state index < -0.39 is 6.04 Å². The number of benzene rings is 1. The van der Waals surface area contributed by atoms with Crippen LogP contribution in [0.5, 0.6) is 5.75 Å².